The fourth-order valence-corrected chi connectivity index (χ4v) is 5.75. The van der Waals surface area contributed by atoms with E-state index in [4.69, 9.17) is 30.2 Å². The van der Waals surface area contributed by atoms with Crippen molar-refractivity contribution in [2.24, 2.45) is 11.5 Å². The van der Waals surface area contributed by atoms with Crippen LogP contribution in [0.15, 0.2) is 0 Å². The van der Waals surface area contributed by atoms with E-state index < -0.39 is 14.4 Å². The highest BCUT2D eigenvalue weighted by Gasteiger charge is 2.30. The third-order valence-corrected chi connectivity index (χ3v) is 7.72. The first-order valence-corrected chi connectivity index (χ1v) is 14.1. The third-order valence-electron chi connectivity index (χ3n) is 5.77. The first kappa shape index (κ1) is 30.6. The van der Waals surface area contributed by atoms with Crippen LogP contribution in [0.3, 0.4) is 0 Å². The van der Waals surface area contributed by atoms with Gasteiger partial charge in [-0.1, -0.05) is 0 Å². The molecule has 3 heterocycles. The van der Waals surface area contributed by atoms with Crippen LogP contribution in [-0.2, 0) is 18.8 Å². The number of nitrogens with two attached hydrogens (primary N) is 2. The molecule has 214 valence electrons. The van der Waals surface area contributed by atoms with Crippen LogP contribution in [0.5, 0.6) is 6.01 Å². The van der Waals surface area contributed by atoms with Crippen molar-refractivity contribution >= 4 is 34.1 Å². The Morgan fingerprint density at radius 1 is 1.16 bits per heavy atom. The molecule has 0 saturated carbocycles. The molecule has 0 aliphatic carbocycles. The van der Waals surface area contributed by atoms with Crippen LogP contribution < -0.4 is 31.3 Å². The first-order chi connectivity index (χ1) is 18.3. The Bertz CT molecular complexity index is 870. The largest absolute Gasteiger partial charge is 0.461 e. The Labute approximate surface area is 226 Å². The number of primary amides is 1. The van der Waals surface area contributed by atoms with Gasteiger partial charge in [0.1, 0.15) is 14.5 Å². The van der Waals surface area contributed by atoms with Gasteiger partial charge in [-0.15, -0.1) is 0 Å². The summed E-state index contributed by atoms with van der Waals surface area (Å²) < 4.78 is 27.9. The molecule has 3 unspecified atom stereocenters. The number of aromatic nitrogens is 3. The molecule has 3 rings (SSSR count). The SMILES string of the molecule is BC1CNCC(COP(N(C)C)N2CCN(c3nc(OCCOCCN)nc(N(C)CC(N)=O)n3)CC2)O1. The van der Waals surface area contributed by atoms with Crippen LogP contribution in [-0.4, -0.2) is 150 Å². The van der Waals surface area contributed by atoms with Crippen LogP contribution in [0.1, 0.15) is 0 Å². The number of ether oxygens (including phenoxy) is 3. The highest BCUT2D eigenvalue weighted by atomic mass is 31.2. The highest BCUT2D eigenvalue weighted by Crippen LogP contribution is 2.44. The molecule has 2 aliphatic rings. The maximum Gasteiger partial charge on any atom is 0.323 e. The van der Waals surface area contributed by atoms with E-state index >= 15 is 0 Å². The molecule has 0 spiro atoms. The normalized spacial score (nSPS) is 21.4. The Hall–Kier alpha value is -1.91. The van der Waals surface area contributed by atoms with Gasteiger partial charge < -0.3 is 45.3 Å². The van der Waals surface area contributed by atoms with E-state index in [-0.39, 0.29) is 31.3 Å². The summed E-state index contributed by atoms with van der Waals surface area (Å²) in [5.74, 6) is 0.305. The van der Waals surface area contributed by atoms with Gasteiger partial charge in [0.15, 0.2) is 8.45 Å². The Kier molecular flexibility index (Phi) is 12.6. The number of anilines is 2. The van der Waals surface area contributed by atoms with Gasteiger partial charge in [-0.25, -0.2) is 4.67 Å². The molecule has 3 atom stereocenters. The molecule has 1 amide bonds. The number of nitrogens with one attached hydrogen (secondary N) is 1. The molecule has 17 heteroatoms. The van der Waals surface area contributed by atoms with Crippen LogP contribution in [0, 0.1) is 0 Å². The van der Waals surface area contributed by atoms with E-state index in [0.29, 0.717) is 51.4 Å². The zero-order valence-electron chi connectivity index (χ0n) is 22.9. The van der Waals surface area contributed by atoms with E-state index in [2.05, 4.69) is 42.4 Å². The van der Waals surface area contributed by atoms with Gasteiger partial charge in [-0.05, 0) is 14.1 Å². The molecule has 1 aromatic rings. The number of carbonyl (C=O) groups excluding carboxylic acids is 1. The summed E-state index contributed by atoms with van der Waals surface area (Å²) in [6.45, 7) is 6.61. The minimum atomic E-state index is -0.939. The predicted octanol–water partition coefficient (Wildman–Crippen LogP) is -2.98. The van der Waals surface area contributed by atoms with Gasteiger partial charge in [0.05, 0.1) is 32.5 Å². The van der Waals surface area contributed by atoms with Crippen molar-refractivity contribution < 1.29 is 23.5 Å². The van der Waals surface area contributed by atoms with Crippen molar-refractivity contribution in [3.63, 3.8) is 0 Å². The van der Waals surface area contributed by atoms with Gasteiger partial charge in [0.2, 0.25) is 17.8 Å². The first-order valence-electron chi connectivity index (χ1n) is 12.9. The molecule has 15 nitrogen and oxygen atoms in total. The van der Waals surface area contributed by atoms with E-state index in [1.807, 2.05) is 14.1 Å². The number of nitrogens with zero attached hydrogens (tertiary/aromatic N) is 7. The molecular weight excluding hydrogens is 514 g/mol. The fourth-order valence-electron chi connectivity index (χ4n) is 4.03. The zero-order valence-corrected chi connectivity index (χ0v) is 23.8. The Balaban J connectivity index is 1.62. The molecule has 2 saturated heterocycles. The number of piperazine rings is 1. The second-order valence-electron chi connectivity index (χ2n) is 9.35. The molecule has 0 bridgehead atoms. The molecule has 0 radical (unpaired) electrons. The minimum absolute atomic E-state index is 0.0280. The summed E-state index contributed by atoms with van der Waals surface area (Å²) in [5.41, 5.74) is 10.8. The number of hydrogen-bond donors (Lipinski definition) is 3. The van der Waals surface area contributed by atoms with E-state index in [1.165, 1.54) is 0 Å². The molecule has 2 fully saturated rings. The van der Waals surface area contributed by atoms with E-state index in [0.717, 1.165) is 26.2 Å². The Morgan fingerprint density at radius 2 is 1.92 bits per heavy atom. The lowest BCUT2D eigenvalue weighted by Gasteiger charge is -2.41. The number of morpholine rings is 1. The van der Waals surface area contributed by atoms with Crippen molar-refractivity contribution in [1.29, 1.82) is 0 Å². The summed E-state index contributed by atoms with van der Waals surface area (Å²) in [5, 5.41) is 3.39. The third kappa shape index (κ3) is 9.69. The van der Waals surface area contributed by atoms with Gasteiger partial charge >= 0.3 is 6.01 Å². The highest BCUT2D eigenvalue weighted by molar-refractivity contribution is 7.47. The van der Waals surface area contributed by atoms with Gasteiger partial charge in [0, 0.05) is 58.9 Å². The van der Waals surface area contributed by atoms with Crippen molar-refractivity contribution in [3.05, 3.63) is 0 Å². The number of amides is 1. The topological polar surface area (TPSA) is 170 Å². The number of rotatable bonds is 15. The van der Waals surface area contributed by atoms with Crippen molar-refractivity contribution in [3.8, 4) is 6.01 Å². The van der Waals surface area contributed by atoms with Crippen LogP contribution in [0.2, 0.25) is 0 Å². The predicted molar refractivity (Wildman–Crippen MR) is 148 cm³/mol. The second-order valence-corrected chi connectivity index (χ2v) is 11.5. The van der Waals surface area contributed by atoms with Crippen molar-refractivity contribution in [2.45, 2.75) is 12.1 Å². The van der Waals surface area contributed by atoms with Gasteiger partial charge in [0.25, 0.3) is 0 Å². The van der Waals surface area contributed by atoms with Gasteiger partial charge in [-0.3, -0.25) is 9.46 Å². The monoisotopic (exact) mass is 556 g/mol. The second kappa shape index (κ2) is 15.6. The van der Waals surface area contributed by atoms with E-state index in [9.17, 15) is 4.79 Å². The Morgan fingerprint density at radius 3 is 2.58 bits per heavy atom. The lowest BCUT2D eigenvalue weighted by Crippen LogP contribution is -2.48. The molecular formula is C21H42BN10O5P. The quantitative estimate of drug-likeness (QED) is 0.114. The minimum Gasteiger partial charge on any atom is -0.461 e. The standard InChI is InChI=1S/C21H42BN10O5P/c1-29(2)38(36-15-16-12-25-13-17(22)37-16)32-7-5-31(6-8-32)20-26-19(30(3)14-18(24)33)27-21(28-20)35-11-10-34-9-4-23/h16-17,25H,4-15,22-23H2,1-3H3,(H2,24,33). The van der Waals surface area contributed by atoms with Crippen molar-refractivity contribution in [1.82, 2.24) is 29.6 Å². The van der Waals surface area contributed by atoms with Crippen LogP contribution >= 0.6 is 8.45 Å². The fraction of sp³-hybridized carbons (Fsp3) is 0.810. The lowest BCUT2D eigenvalue weighted by molar-refractivity contribution is -0.116. The maximum atomic E-state index is 11.5. The number of carbonyl (C=O) groups is 1. The number of hydrogen-bond acceptors (Lipinski definition) is 14. The molecule has 1 aromatic heterocycles. The smallest absolute Gasteiger partial charge is 0.323 e. The van der Waals surface area contributed by atoms with Gasteiger partial charge in [-0.2, -0.15) is 15.0 Å². The average Bonchev–Trinajstić information content (AvgIpc) is 2.88. The molecule has 5 N–H and O–H groups in total. The summed E-state index contributed by atoms with van der Waals surface area (Å²) >= 11 is 0. The number of likely N-dealkylation sites (N-methyl/N-ethyl adjacent to an activating group) is 1. The molecule has 0 aromatic carbocycles. The lowest BCUT2D eigenvalue weighted by atomic mass is 9.98. The average molecular weight is 556 g/mol. The molecule has 2 aliphatic heterocycles. The molecule has 38 heavy (non-hydrogen) atoms. The summed E-state index contributed by atoms with van der Waals surface area (Å²) in [7, 11) is 6.90. The summed E-state index contributed by atoms with van der Waals surface area (Å²) in [6, 6.07) is 0.348. The van der Waals surface area contributed by atoms with Crippen LogP contribution in [0.25, 0.3) is 0 Å². The maximum absolute atomic E-state index is 11.5. The summed E-state index contributed by atoms with van der Waals surface area (Å²) in [4.78, 5) is 28.6. The van der Waals surface area contributed by atoms with Crippen molar-refractivity contribution in [2.75, 3.05) is 110 Å². The van der Waals surface area contributed by atoms with E-state index in [1.54, 1.807) is 11.9 Å². The summed E-state index contributed by atoms with van der Waals surface area (Å²) in [6.07, 6.45) is 0.0464. The van der Waals surface area contributed by atoms with Crippen LogP contribution in [0.4, 0.5) is 11.9 Å². The zero-order chi connectivity index (χ0) is 27.5.